The van der Waals surface area contributed by atoms with Crippen LogP contribution in [-0.4, -0.2) is 36.3 Å². The molecule has 1 aromatic heterocycles. The first-order valence-corrected chi connectivity index (χ1v) is 11.4. The molecule has 0 spiro atoms. The maximum Gasteiger partial charge on any atom is 0.416 e. The molecule has 174 valence electrons. The van der Waals surface area contributed by atoms with E-state index in [9.17, 15) is 26.4 Å². The number of aromatic amines is 1. The third kappa shape index (κ3) is 4.79. The first-order chi connectivity index (χ1) is 15.6. The van der Waals surface area contributed by atoms with Gasteiger partial charge in [0, 0.05) is 25.9 Å². The Balaban J connectivity index is 1.57. The highest BCUT2D eigenvalue weighted by Gasteiger charge is 2.32. The van der Waals surface area contributed by atoms with Crippen LogP contribution in [0.15, 0.2) is 58.2 Å². The summed E-state index contributed by atoms with van der Waals surface area (Å²) in [6.07, 6.45) is -4.24. The molecule has 0 unspecified atom stereocenters. The van der Waals surface area contributed by atoms with E-state index in [1.165, 1.54) is 35.7 Å². The summed E-state index contributed by atoms with van der Waals surface area (Å²) in [7, 11) is -2.36. The van der Waals surface area contributed by atoms with Crippen molar-refractivity contribution >= 4 is 10.0 Å². The van der Waals surface area contributed by atoms with Crippen LogP contribution in [0.5, 0.6) is 5.75 Å². The number of H-pyrrole nitrogens is 1. The Labute approximate surface area is 187 Å². The van der Waals surface area contributed by atoms with E-state index in [-0.39, 0.29) is 42.2 Å². The Hall–Kier alpha value is -3.18. The van der Waals surface area contributed by atoms with E-state index in [1.807, 2.05) is 0 Å². The second-order valence-electron chi connectivity index (χ2n) is 7.58. The Morgan fingerprint density at radius 2 is 1.88 bits per heavy atom. The summed E-state index contributed by atoms with van der Waals surface area (Å²) in [5.41, 5.74) is -0.253. The van der Waals surface area contributed by atoms with Gasteiger partial charge < -0.3 is 9.72 Å². The SMILES string of the molecule is COc1ccc(S(=O)(=O)N2CCc3nc(Cc4cccc(C(F)(F)F)c4)[nH]c(=O)c3C2)cc1. The fourth-order valence-electron chi connectivity index (χ4n) is 3.69. The van der Waals surface area contributed by atoms with Crippen molar-refractivity contribution in [2.24, 2.45) is 0 Å². The molecule has 0 radical (unpaired) electrons. The van der Waals surface area contributed by atoms with E-state index in [1.54, 1.807) is 12.1 Å². The van der Waals surface area contributed by atoms with E-state index < -0.39 is 27.3 Å². The zero-order chi connectivity index (χ0) is 23.8. The number of halogens is 3. The number of ether oxygens (including phenoxy) is 1. The van der Waals surface area contributed by atoms with E-state index in [4.69, 9.17) is 4.74 Å². The van der Waals surface area contributed by atoms with Crippen LogP contribution in [0.4, 0.5) is 13.2 Å². The maximum absolute atomic E-state index is 13.0. The molecule has 0 aliphatic carbocycles. The van der Waals surface area contributed by atoms with Crippen molar-refractivity contribution in [3.05, 3.63) is 87.1 Å². The van der Waals surface area contributed by atoms with Crippen LogP contribution in [-0.2, 0) is 35.6 Å². The Kier molecular flexibility index (Phi) is 6.02. The van der Waals surface area contributed by atoms with Crippen LogP contribution in [0, 0.1) is 0 Å². The number of hydrogen-bond acceptors (Lipinski definition) is 5. The minimum Gasteiger partial charge on any atom is -0.497 e. The molecule has 0 saturated carbocycles. The second kappa shape index (κ2) is 8.64. The molecule has 3 aromatic rings. The number of benzene rings is 2. The first-order valence-electron chi connectivity index (χ1n) is 9.99. The molecule has 11 heteroatoms. The van der Waals surface area contributed by atoms with Gasteiger partial charge in [-0.2, -0.15) is 17.5 Å². The van der Waals surface area contributed by atoms with Crippen LogP contribution < -0.4 is 10.3 Å². The van der Waals surface area contributed by atoms with Gasteiger partial charge in [0.05, 0.1) is 28.8 Å². The van der Waals surface area contributed by atoms with Crippen LogP contribution in [0.3, 0.4) is 0 Å². The minimum atomic E-state index is -4.47. The van der Waals surface area contributed by atoms with Crippen LogP contribution in [0.25, 0.3) is 0 Å². The van der Waals surface area contributed by atoms with Gasteiger partial charge in [-0.25, -0.2) is 13.4 Å². The van der Waals surface area contributed by atoms with Crippen molar-refractivity contribution in [3.63, 3.8) is 0 Å². The van der Waals surface area contributed by atoms with Crippen molar-refractivity contribution in [2.75, 3.05) is 13.7 Å². The van der Waals surface area contributed by atoms with Gasteiger partial charge in [-0.1, -0.05) is 18.2 Å². The summed E-state index contributed by atoms with van der Waals surface area (Å²) in [4.78, 5) is 19.7. The molecule has 0 amide bonds. The van der Waals surface area contributed by atoms with Gasteiger partial charge in [0.25, 0.3) is 5.56 Å². The number of methoxy groups -OCH3 is 1. The fourth-order valence-corrected chi connectivity index (χ4v) is 5.10. The quantitative estimate of drug-likeness (QED) is 0.607. The lowest BCUT2D eigenvalue weighted by Gasteiger charge is -2.27. The number of alkyl halides is 3. The largest absolute Gasteiger partial charge is 0.497 e. The monoisotopic (exact) mass is 479 g/mol. The predicted octanol–water partition coefficient (Wildman–Crippen LogP) is 3.14. The summed E-state index contributed by atoms with van der Waals surface area (Å²) in [5, 5.41) is 0. The molecule has 0 bridgehead atoms. The Bertz CT molecular complexity index is 1340. The molecule has 2 heterocycles. The number of fused-ring (bicyclic) bond motifs is 1. The molecular formula is C22H20F3N3O4S. The lowest BCUT2D eigenvalue weighted by molar-refractivity contribution is -0.137. The highest BCUT2D eigenvalue weighted by molar-refractivity contribution is 7.89. The third-order valence-corrected chi connectivity index (χ3v) is 7.27. The number of rotatable bonds is 5. The molecule has 1 N–H and O–H groups in total. The van der Waals surface area contributed by atoms with Crippen molar-refractivity contribution in [3.8, 4) is 5.75 Å². The van der Waals surface area contributed by atoms with Gasteiger partial charge in [0.2, 0.25) is 10.0 Å². The molecule has 33 heavy (non-hydrogen) atoms. The molecule has 2 aromatic carbocycles. The summed E-state index contributed by atoms with van der Waals surface area (Å²) >= 11 is 0. The third-order valence-electron chi connectivity index (χ3n) is 5.41. The molecule has 0 fully saturated rings. The lowest BCUT2D eigenvalue weighted by atomic mass is 10.1. The van der Waals surface area contributed by atoms with Gasteiger partial charge >= 0.3 is 6.18 Å². The van der Waals surface area contributed by atoms with Gasteiger partial charge in [-0.3, -0.25) is 4.79 Å². The molecule has 1 aliphatic rings. The Morgan fingerprint density at radius 3 is 2.55 bits per heavy atom. The van der Waals surface area contributed by atoms with Crippen molar-refractivity contribution in [1.29, 1.82) is 0 Å². The van der Waals surface area contributed by atoms with E-state index in [0.717, 1.165) is 12.1 Å². The number of aromatic nitrogens is 2. The van der Waals surface area contributed by atoms with E-state index in [0.29, 0.717) is 17.0 Å². The normalized spacial score (nSPS) is 14.7. The number of nitrogens with one attached hydrogen (secondary N) is 1. The summed E-state index contributed by atoms with van der Waals surface area (Å²) in [5.74, 6) is 0.747. The molecular weight excluding hydrogens is 459 g/mol. The topological polar surface area (TPSA) is 92.4 Å². The zero-order valence-electron chi connectivity index (χ0n) is 17.5. The van der Waals surface area contributed by atoms with Crippen LogP contribution >= 0.6 is 0 Å². The van der Waals surface area contributed by atoms with E-state index >= 15 is 0 Å². The second-order valence-corrected chi connectivity index (χ2v) is 9.51. The van der Waals surface area contributed by atoms with E-state index in [2.05, 4.69) is 9.97 Å². The van der Waals surface area contributed by atoms with Crippen molar-refractivity contribution < 1.29 is 26.3 Å². The highest BCUT2D eigenvalue weighted by Crippen LogP contribution is 2.30. The summed E-state index contributed by atoms with van der Waals surface area (Å²) in [6, 6.07) is 10.8. The summed E-state index contributed by atoms with van der Waals surface area (Å²) in [6.45, 7) is -0.0172. The zero-order valence-corrected chi connectivity index (χ0v) is 18.3. The molecule has 0 saturated heterocycles. The fraction of sp³-hybridized carbons (Fsp3) is 0.273. The minimum absolute atomic E-state index is 0.0142. The van der Waals surface area contributed by atoms with Crippen molar-refractivity contribution in [2.45, 2.75) is 30.5 Å². The van der Waals surface area contributed by atoms with Gasteiger partial charge in [0.1, 0.15) is 11.6 Å². The average molecular weight is 479 g/mol. The number of nitrogens with zero attached hydrogens (tertiary/aromatic N) is 2. The van der Waals surface area contributed by atoms with Gasteiger partial charge in [0.15, 0.2) is 0 Å². The number of sulfonamides is 1. The maximum atomic E-state index is 13.0. The molecule has 7 nitrogen and oxygen atoms in total. The van der Waals surface area contributed by atoms with Crippen LogP contribution in [0.1, 0.15) is 28.2 Å². The first kappa shape index (κ1) is 23.0. The lowest BCUT2D eigenvalue weighted by Crippen LogP contribution is -2.39. The number of hydrogen-bond donors (Lipinski definition) is 1. The highest BCUT2D eigenvalue weighted by atomic mass is 32.2. The molecule has 0 atom stereocenters. The Morgan fingerprint density at radius 1 is 1.15 bits per heavy atom. The molecule has 1 aliphatic heterocycles. The van der Waals surface area contributed by atoms with Gasteiger partial charge in [-0.15, -0.1) is 0 Å². The predicted molar refractivity (Wildman–Crippen MR) is 113 cm³/mol. The van der Waals surface area contributed by atoms with Crippen molar-refractivity contribution in [1.82, 2.24) is 14.3 Å². The smallest absolute Gasteiger partial charge is 0.416 e. The molecule has 4 rings (SSSR count). The van der Waals surface area contributed by atoms with Crippen LogP contribution in [0.2, 0.25) is 0 Å². The standard InChI is InChI=1S/C22H20F3N3O4S/c1-32-16-5-7-17(8-6-16)33(30,31)28-10-9-19-18(13-28)21(29)27-20(26-19)12-14-3-2-4-15(11-14)22(23,24)25/h2-8,11H,9-10,12-13H2,1H3,(H,26,27,29). The van der Waals surface area contributed by atoms with Gasteiger partial charge in [-0.05, 0) is 35.9 Å². The average Bonchev–Trinajstić information content (AvgIpc) is 2.78. The summed E-state index contributed by atoms with van der Waals surface area (Å²) < 4.78 is 71.1.